The van der Waals surface area contributed by atoms with E-state index in [9.17, 15) is 13.2 Å². The molecule has 0 saturated heterocycles. The lowest BCUT2D eigenvalue weighted by Gasteiger charge is -2.09. The van der Waals surface area contributed by atoms with Crippen LogP contribution < -0.4 is 5.32 Å². The molecule has 2 aromatic heterocycles. The maximum absolute atomic E-state index is 12.4. The highest BCUT2D eigenvalue weighted by Gasteiger charge is 2.18. The molecular weight excluding hydrogens is 328 g/mol. The number of fused-ring (bicyclic) bond motifs is 1. The molecule has 6 nitrogen and oxygen atoms in total. The maximum Gasteiger partial charge on any atom is 0.291 e. The Balaban J connectivity index is 1.97. The van der Waals surface area contributed by atoms with Crippen LogP contribution in [0.25, 0.3) is 10.9 Å². The van der Waals surface area contributed by atoms with Gasteiger partial charge in [-0.3, -0.25) is 9.78 Å². The van der Waals surface area contributed by atoms with Gasteiger partial charge in [-0.15, -0.1) is 0 Å². The number of carbonyl (C=O) groups is 1. The lowest BCUT2D eigenvalue weighted by Crippen LogP contribution is -2.12. The molecule has 0 radical (unpaired) electrons. The lowest BCUT2D eigenvalue weighted by atomic mass is 10.1. The van der Waals surface area contributed by atoms with Crippen molar-refractivity contribution in [2.24, 2.45) is 0 Å². The molecule has 124 valence electrons. The standard InChI is InChI=1S/C17H16N2O4S/c1-3-11-10-14(12-6-4-5-7-13(12)18-11)19-17(20)15-8-9-16(23-15)24(2,21)22/h4-10H,3H2,1-2H3,(H,18,19,20). The summed E-state index contributed by atoms with van der Waals surface area (Å²) < 4.78 is 28.0. The summed E-state index contributed by atoms with van der Waals surface area (Å²) in [6.07, 6.45) is 1.75. The number of benzene rings is 1. The fraction of sp³-hybridized carbons (Fsp3) is 0.176. The summed E-state index contributed by atoms with van der Waals surface area (Å²) in [5, 5.41) is 3.34. The number of sulfone groups is 1. The van der Waals surface area contributed by atoms with E-state index < -0.39 is 15.7 Å². The Hall–Kier alpha value is -2.67. The average Bonchev–Trinajstić information content (AvgIpc) is 3.05. The predicted molar refractivity (Wildman–Crippen MR) is 90.9 cm³/mol. The fourth-order valence-electron chi connectivity index (χ4n) is 2.34. The van der Waals surface area contributed by atoms with E-state index in [1.165, 1.54) is 12.1 Å². The molecule has 0 aliphatic heterocycles. The van der Waals surface area contributed by atoms with Crippen LogP contribution in [0.1, 0.15) is 23.2 Å². The molecule has 0 aliphatic rings. The summed E-state index contributed by atoms with van der Waals surface area (Å²) in [7, 11) is -3.49. The first-order valence-electron chi connectivity index (χ1n) is 7.38. The quantitative estimate of drug-likeness (QED) is 0.786. The second kappa shape index (κ2) is 6.09. The molecule has 0 bridgehead atoms. The summed E-state index contributed by atoms with van der Waals surface area (Å²) in [4.78, 5) is 16.9. The molecule has 3 aromatic rings. The van der Waals surface area contributed by atoms with Crippen molar-refractivity contribution >= 4 is 32.3 Å². The number of rotatable bonds is 4. The number of aromatic nitrogens is 1. The van der Waals surface area contributed by atoms with E-state index in [-0.39, 0.29) is 10.9 Å². The van der Waals surface area contributed by atoms with E-state index in [1.807, 2.05) is 31.2 Å². The van der Waals surface area contributed by atoms with Gasteiger partial charge in [-0.05, 0) is 30.7 Å². The van der Waals surface area contributed by atoms with E-state index in [0.29, 0.717) is 5.69 Å². The molecule has 1 N–H and O–H groups in total. The zero-order valence-corrected chi connectivity index (χ0v) is 14.1. The summed E-state index contributed by atoms with van der Waals surface area (Å²) >= 11 is 0. The Morgan fingerprint density at radius 2 is 1.96 bits per heavy atom. The number of anilines is 1. The molecule has 7 heteroatoms. The van der Waals surface area contributed by atoms with Crippen molar-refractivity contribution in [3.63, 3.8) is 0 Å². The third-order valence-electron chi connectivity index (χ3n) is 3.55. The van der Waals surface area contributed by atoms with Crippen LogP contribution >= 0.6 is 0 Å². The number of aryl methyl sites for hydroxylation is 1. The number of carbonyl (C=O) groups excluding carboxylic acids is 1. The van der Waals surface area contributed by atoms with Gasteiger partial charge in [0.25, 0.3) is 5.91 Å². The van der Waals surface area contributed by atoms with E-state index in [4.69, 9.17) is 4.42 Å². The minimum atomic E-state index is -3.49. The molecule has 3 rings (SSSR count). The highest BCUT2D eigenvalue weighted by molar-refractivity contribution is 7.90. The van der Waals surface area contributed by atoms with Crippen LogP contribution in [0, 0.1) is 0 Å². The molecule has 2 heterocycles. The second-order valence-electron chi connectivity index (χ2n) is 5.38. The van der Waals surface area contributed by atoms with E-state index in [1.54, 1.807) is 6.07 Å². The van der Waals surface area contributed by atoms with E-state index >= 15 is 0 Å². The van der Waals surface area contributed by atoms with Crippen LogP contribution in [0.2, 0.25) is 0 Å². The number of amides is 1. The molecule has 24 heavy (non-hydrogen) atoms. The molecular formula is C17H16N2O4S. The van der Waals surface area contributed by atoms with Crippen LogP contribution in [0.4, 0.5) is 5.69 Å². The van der Waals surface area contributed by atoms with Crippen LogP contribution in [-0.2, 0) is 16.3 Å². The zero-order chi connectivity index (χ0) is 17.3. The molecule has 0 saturated carbocycles. The number of hydrogen-bond donors (Lipinski definition) is 1. The van der Waals surface area contributed by atoms with Gasteiger partial charge in [-0.1, -0.05) is 25.1 Å². The van der Waals surface area contributed by atoms with Gasteiger partial charge in [0.05, 0.1) is 11.2 Å². The Morgan fingerprint density at radius 3 is 2.62 bits per heavy atom. The van der Waals surface area contributed by atoms with Crippen molar-refractivity contribution in [3.8, 4) is 0 Å². The van der Waals surface area contributed by atoms with Gasteiger partial charge < -0.3 is 9.73 Å². The van der Waals surface area contributed by atoms with E-state index in [2.05, 4.69) is 10.3 Å². The van der Waals surface area contributed by atoms with Gasteiger partial charge in [0.1, 0.15) is 0 Å². The number of pyridine rings is 1. The van der Waals surface area contributed by atoms with Crippen molar-refractivity contribution in [3.05, 3.63) is 53.9 Å². The van der Waals surface area contributed by atoms with Crippen molar-refractivity contribution < 1.29 is 17.6 Å². The monoisotopic (exact) mass is 344 g/mol. The van der Waals surface area contributed by atoms with Crippen molar-refractivity contribution in [1.82, 2.24) is 4.98 Å². The summed E-state index contributed by atoms with van der Waals surface area (Å²) in [5.41, 5.74) is 2.24. The molecule has 1 amide bonds. The Bertz CT molecular complexity index is 1020. The summed E-state index contributed by atoms with van der Waals surface area (Å²) in [6, 6.07) is 11.9. The topological polar surface area (TPSA) is 89.3 Å². The first-order chi connectivity index (χ1) is 11.4. The Morgan fingerprint density at radius 1 is 1.21 bits per heavy atom. The maximum atomic E-state index is 12.4. The first kappa shape index (κ1) is 16.2. The number of para-hydroxylation sites is 1. The van der Waals surface area contributed by atoms with E-state index in [0.717, 1.165) is 29.3 Å². The molecule has 1 aromatic carbocycles. The summed E-state index contributed by atoms with van der Waals surface area (Å²) in [6.45, 7) is 1.98. The highest BCUT2D eigenvalue weighted by atomic mass is 32.2. The third-order valence-corrected chi connectivity index (χ3v) is 4.50. The summed E-state index contributed by atoms with van der Waals surface area (Å²) in [5.74, 6) is -0.572. The highest BCUT2D eigenvalue weighted by Crippen LogP contribution is 2.24. The second-order valence-corrected chi connectivity index (χ2v) is 7.32. The largest absolute Gasteiger partial charge is 0.440 e. The van der Waals surface area contributed by atoms with Gasteiger partial charge >= 0.3 is 0 Å². The minimum absolute atomic E-state index is 0.0608. The van der Waals surface area contributed by atoms with Gasteiger partial charge in [0.15, 0.2) is 5.76 Å². The Kier molecular flexibility index (Phi) is 4.11. The average molecular weight is 344 g/mol. The third kappa shape index (κ3) is 3.16. The minimum Gasteiger partial charge on any atom is -0.440 e. The van der Waals surface area contributed by atoms with Crippen LogP contribution in [-0.4, -0.2) is 25.6 Å². The predicted octanol–water partition coefficient (Wildman–Crippen LogP) is 3.05. The van der Waals surface area contributed by atoms with Gasteiger partial charge in [0, 0.05) is 17.3 Å². The van der Waals surface area contributed by atoms with Crippen molar-refractivity contribution in [1.29, 1.82) is 0 Å². The smallest absolute Gasteiger partial charge is 0.291 e. The molecule has 0 fully saturated rings. The van der Waals surface area contributed by atoms with Crippen LogP contribution in [0.5, 0.6) is 0 Å². The number of nitrogens with one attached hydrogen (secondary N) is 1. The molecule has 0 unspecified atom stereocenters. The molecule has 0 aliphatic carbocycles. The van der Waals surface area contributed by atoms with Gasteiger partial charge in [-0.25, -0.2) is 8.42 Å². The van der Waals surface area contributed by atoms with Gasteiger partial charge in [-0.2, -0.15) is 0 Å². The zero-order valence-electron chi connectivity index (χ0n) is 13.2. The normalized spacial score (nSPS) is 11.6. The number of nitrogens with zero attached hydrogens (tertiary/aromatic N) is 1. The fourth-order valence-corrected chi connectivity index (χ4v) is 2.90. The van der Waals surface area contributed by atoms with Crippen molar-refractivity contribution in [2.45, 2.75) is 18.4 Å². The number of furan rings is 1. The molecule has 0 spiro atoms. The van der Waals surface area contributed by atoms with Crippen LogP contribution in [0.15, 0.2) is 52.0 Å². The molecule has 0 atom stereocenters. The SMILES string of the molecule is CCc1cc(NC(=O)c2ccc(S(C)(=O)=O)o2)c2ccccc2n1. The van der Waals surface area contributed by atoms with Crippen LogP contribution in [0.3, 0.4) is 0 Å². The number of hydrogen-bond acceptors (Lipinski definition) is 5. The van der Waals surface area contributed by atoms with Crippen molar-refractivity contribution in [2.75, 3.05) is 11.6 Å². The van der Waals surface area contributed by atoms with Gasteiger partial charge in [0.2, 0.25) is 14.9 Å². The first-order valence-corrected chi connectivity index (χ1v) is 9.27. The lowest BCUT2D eigenvalue weighted by molar-refractivity contribution is 0.0992. The Labute approximate surface area is 139 Å².